The van der Waals surface area contributed by atoms with Gasteiger partial charge in [0.1, 0.15) is 0 Å². The van der Waals surface area contributed by atoms with E-state index in [2.05, 4.69) is 30.5 Å². The first kappa shape index (κ1) is 11.6. The van der Waals surface area contributed by atoms with Gasteiger partial charge in [0.05, 0.1) is 12.1 Å². The van der Waals surface area contributed by atoms with Gasteiger partial charge in [-0.3, -0.25) is 4.79 Å². The summed E-state index contributed by atoms with van der Waals surface area (Å²) in [6.07, 6.45) is 0.906. The lowest BCUT2D eigenvalue weighted by Crippen LogP contribution is -2.54. The van der Waals surface area contributed by atoms with E-state index in [1.54, 1.807) is 11.3 Å². The molecule has 1 aromatic rings. The molecule has 0 bridgehead atoms. The van der Waals surface area contributed by atoms with Crippen molar-refractivity contribution < 1.29 is 4.79 Å². The van der Waals surface area contributed by atoms with E-state index >= 15 is 0 Å². The first-order valence-corrected chi connectivity index (χ1v) is 6.62. The highest BCUT2D eigenvalue weighted by molar-refractivity contribution is 7.10. The molecular weight excluding hydrogens is 220 g/mol. The fourth-order valence-corrected chi connectivity index (χ4v) is 2.78. The Kier molecular flexibility index (Phi) is 3.61. The molecule has 2 heterocycles. The molecule has 0 radical (unpaired) electrons. The summed E-state index contributed by atoms with van der Waals surface area (Å²) < 4.78 is 0. The molecule has 2 atom stereocenters. The Morgan fingerprint density at radius 2 is 2.38 bits per heavy atom. The molecule has 88 valence electrons. The third-order valence-corrected chi connectivity index (χ3v) is 3.78. The van der Waals surface area contributed by atoms with Crippen molar-refractivity contribution in [3.63, 3.8) is 0 Å². The molecule has 2 N–H and O–H groups in total. The summed E-state index contributed by atoms with van der Waals surface area (Å²) in [7, 11) is 0. The predicted octanol–water partition coefficient (Wildman–Crippen LogP) is 1.92. The Morgan fingerprint density at radius 1 is 1.56 bits per heavy atom. The van der Waals surface area contributed by atoms with E-state index in [0.717, 1.165) is 13.0 Å². The van der Waals surface area contributed by atoms with Crippen molar-refractivity contribution in [3.05, 3.63) is 22.4 Å². The standard InChI is InChI=1S/C12H18N2OS/c1-8(2)6-9-12(15)14-10(7-13-9)11-4-3-5-16-11/h3-5,8-10,13H,6-7H2,1-2H3,(H,14,15)/t9-,10-/m0/s1. The number of hydrogen-bond acceptors (Lipinski definition) is 3. The normalized spacial score (nSPS) is 25.8. The van der Waals surface area contributed by atoms with Crippen LogP contribution in [0.2, 0.25) is 0 Å². The van der Waals surface area contributed by atoms with Gasteiger partial charge in [0.25, 0.3) is 0 Å². The maximum atomic E-state index is 11.9. The van der Waals surface area contributed by atoms with E-state index in [-0.39, 0.29) is 18.0 Å². The van der Waals surface area contributed by atoms with Crippen LogP contribution >= 0.6 is 11.3 Å². The number of rotatable bonds is 3. The molecule has 2 rings (SSSR count). The number of hydrogen-bond donors (Lipinski definition) is 2. The van der Waals surface area contributed by atoms with Crippen LogP contribution in [0.3, 0.4) is 0 Å². The zero-order valence-corrected chi connectivity index (χ0v) is 10.5. The van der Waals surface area contributed by atoms with E-state index < -0.39 is 0 Å². The fraction of sp³-hybridized carbons (Fsp3) is 0.583. The third kappa shape index (κ3) is 2.62. The van der Waals surface area contributed by atoms with Crippen molar-refractivity contribution in [1.82, 2.24) is 10.6 Å². The molecule has 1 amide bonds. The summed E-state index contributed by atoms with van der Waals surface area (Å²) >= 11 is 1.69. The zero-order valence-electron chi connectivity index (χ0n) is 9.69. The SMILES string of the molecule is CC(C)C[C@@H]1NC[C@@H](c2cccs2)NC1=O. The van der Waals surface area contributed by atoms with Crippen LogP contribution in [-0.2, 0) is 4.79 Å². The van der Waals surface area contributed by atoms with E-state index in [0.29, 0.717) is 5.92 Å². The second kappa shape index (κ2) is 4.97. The monoisotopic (exact) mass is 238 g/mol. The number of nitrogens with one attached hydrogen (secondary N) is 2. The summed E-state index contributed by atoms with van der Waals surface area (Å²) in [5.41, 5.74) is 0. The summed E-state index contributed by atoms with van der Waals surface area (Å²) in [4.78, 5) is 13.1. The van der Waals surface area contributed by atoms with Gasteiger partial charge in [-0.1, -0.05) is 19.9 Å². The Balaban J connectivity index is 1.95. The van der Waals surface area contributed by atoms with Gasteiger partial charge < -0.3 is 10.6 Å². The molecule has 16 heavy (non-hydrogen) atoms. The average Bonchev–Trinajstić information content (AvgIpc) is 2.73. The molecule has 1 saturated heterocycles. The highest BCUT2D eigenvalue weighted by Gasteiger charge is 2.28. The van der Waals surface area contributed by atoms with E-state index in [1.807, 2.05) is 11.4 Å². The molecule has 1 fully saturated rings. The molecule has 1 aromatic heterocycles. The average molecular weight is 238 g/mol. The van der Waals surface area contributed by atoms with Crippen molar-refractivity contribution in [1.29, 1.82) is 0 Å². The molecule has 0 aliphatic carbocycles. The van der Waals surface area contributed by atoms with Crippen LogP contribution in [0.1, 0.15) is 31.2 Å². The fourth-order valence-electron chi connectivity index (χ4n) is 2.00. The summed E-state index contributed by atoms with van der Waals surface area (Å²) in [6.45, 7) is 5.12. The van der Waals surface area contributed by atoms with Gasteiger partial charge in [0.2, 0.25) is 5.91 Å². The minimum absolute atomic E-state index is 0.0174. The van der Waals surface area contributed by atoms with Crippen LogP contribution in [-0.4, -0.2) is 18.5 Å². The molecule has 4 heteroatoms. The van der Waals surface area contributed by atoms with Crippen LogP contribution in [0.5, 0.6) is 0 Å². The van der Waals surface area contributed by atoms with E-state index in [1.165, 1.54) is 4.88 Å². The number of amides is 1. The Morgan fingerprint density at radius 3 is 2.94 bits per heavy atom. The molecule has 3 nitrogen and oxygen atoms in total. The van der Waals surface area contributed by atoms with Gasteiger partial charge in [-0.25, -0.2) is 0 Å². The summed E-state index contributed by atoms with van der Waals surface area (Å²) in [5.74, 6) is 0.680. The van der Waals surface area contributed by atoms with E-state index in [9.17, 15) is 4.79 Å². The van der Waals surface area contributed by atoms with Crippen LogP contribution in [0.4, 0.5) is 0 Å². The third-order valence-electron chi connectivity index (χ3n) is 2.80. The first-order valence-electron chi connectivity index (χ1n) is 5.74. The van der Waals surface area contributed by atoms with Crippen molar-refractivity contribution in [2.75, 3.05) is 6.54 Å². The van der Waals surface area contributed by atoms with Crippen LogP contribution in [0.25, 0.3) is 0 Å². The lowest BCUT2D eigenvalue weighted by molar-refractivity contribution is -0.125. The Bertz CT molecular complexity index is 348. The second-order valence-corrected chi connectivity index (χ2v) is 5.65. The highest BCUT2D eigenvalue weighted by Crippen LogP contribution is 2.21. The minimum atomic E-state index is -0.0174. The van der Waals surface area contributed by atoms with Crippen molar-refractivity contribution in [3.8, 4) is 0 Å². The molecule has 0 spiro atoms. The second-order valence-electron chi connectivity index (χ2n) is 4.67. The minimum Gasteiger partial charge on any atom is -0.346 e. The summed E-state index contributed by atoms with van der Waals surface area (Å²) in [6, 6.07) is 4.22. The number of carbonyl (C=O) groups is 1. The number of carbonyl (C=O) groups excluding carboxylic acids is 1. The molecular formula is C12H18N2OS. The molecule has 1 aliphatic heterocycles. The topological polar surface area (TPSA) is 41.1 Å². The van der Waals surface area contributed by atoms with Gasteiger partial charge in [-0.2, -0.15) is 0 Å². The van der Waals surface area contributed by atoms with Crippen molar-refractivity contribution >= 4 is 17.2 Å². The van der Waals surface area contributed by atoms with Crippen molar-refractivity contribution in [2.45, 2.75) is 32.4 Å². The van der Waals surface area contributed by atoms with Gasteiger partial charge in [0.15, 0.2) is 0 Å². The molecule has 0 saturated carbocycles. The maximum Gasteiger partial charge on any atom is 0.237 e. The molecule has 1 aliphatic rings. The molecule has 0 unspecified atom stereocenters. The lowest BCUT2D eigenvalue weighted by atomic mass is 10.0. The Labute approximate surface area is 100 Å². The smallest absolute Gasteiger partial charge is 0.237 e. The lowest BCUT2D eigenvalue weighted by Gasteiger charge is -2.30. The summed E-state index contributed by atoms with van der Waals surface area (Å²) in [5, 5.41) is 8.46. The van der Waals surface area contributed by atoms with Gasteiger partial charge in [0, 0.05) is 11.4 Å². The predicted molar refractivity (Wildman–Crippen MR) is 66.4 cm³/mol. The van der Waals surface area contributed by atoms with Crippen LogP contribution in [0, 0.1) is 5.92 Å². The zero-order chi connectivity index (χ0) is 11.5. The van der Waals surface area contributed by atoms with E-state index in [4.69, 9.17) is 0 Å². The highest BCUT2D eigenvalue weighted by atomic mass is 32.1. The van der Waals surface area contributed by atoms with Gasteiger partial charge >= 0.3 is 0 Å². The number of piperazine rings is 1. The maximum absolute atomic E-state index is 11.9. The Hall–Kier alpha value is -0.870. The van der Waals surface area contributed by atoms with Crippen LogP contribution < -0.4 is 10.6 Å². The van der Waals surface area contributed by atoms with Crippen molar-refractivity contribution in [2.24, 2.45) is 5.92 Å². The quantitative estimate of drug-likeness (QED) is 0.844. The van der Waals surface area contributed by atoms with Crippen LogP contribution in [0.15, 0.2) is 17.5 Å². The largest absolute Gasteiger partial charge is 0.346 e. The van der Waals surface area contributed by atoms with Gasteiger partial charge in [-0.05, 0) is 23.8 Å². The number of thiophene rings is 1. The van der Waals surface area contributed by atoms with Gasteiger partial charge in [-0.15, -0.1) is 11.3 Å². The first-order chi connectivity index (χ1) is 7.66. The molecule has 0 aromatic carbocycles.